The van der Waals surface area contributed by atoms with Crippen molar-refractivity contribution in [2.75, 3.05) is 6.54 Å². The molecule has 4 aromatic rings. The van der Waals surface area contributed by atoms with Crippen LogP contribution in [0.1, 0.15) is 53.6 Å². The lowest BCUT2D eigenvalue weighted by Gasteiger charge is -2.24. The first kappa shape index (κ1) is 25.5. The third-order valence-electron chi connectivity index (χ3n) is 7.80. The number of halogens is 2. The molecule has 2 aliphatic rings. The SMILES string of the molecule is O=C(C(O)c1cccc(-c2ccc(Cl)cc2)c1)N1CCCc2nc(C3(c4cccc(F)c4)CC3)[nH]c(=O)c2C1. The van der Waals surface area contributed by atoms with Gasteiger partial charge in [0.25, 0.3) is 11.5 Å². The van der Waals surface area contributed by atoms with Crippen LogP contribution in [-0.2, 0) is 23.2 Å². The smallest absolute Gasteiger partial charge is 0.256 e. The summed E-state index contributed by atoms with van der Waals surface area (Å²) in [4.78, 5) is 36.0. The van der Waals surface area contributed by atoms with E-state index < -0.39 is 17.4 Å². The van der Waals surface area contributed by atoms with E-state index in [1.54, 1.807) is 36.4 Å². The van der Waals surface area contributed by atoms with Crippen LogP contribution in [0.2, 0.25) is 5.02 Å². The molecule has 0 spiro atoms. The molecular weight excluding hydrogens is 517 g/mol. The highest BCUT2D eigenvalue weighted by molar-refractivity contribution is 6.30. The number of nitrogens with one attached hydrogen (secondary N) is 1. The molecule has 6 rings (SSSR count). The van der Waals surface area contributed by atoms with Crippen LogP contribution in [0, 0.1) is 5.82 Å². The number of aromatic amines is 1. The minimum absolute atomic E-state index is 0.0671. The van der Waals surface area contributed by atoms with Gasteiger partial charge in [0.1, 0.15) is 11.6 Å². The molecule has 39 heavy (non-hydrogen) atoms. The van der Waals surface area contributed by atoms with Crippen molar-refractivity contribution >= 4 is 17.5 Å². The Kier molecular flexibility index (Phi) is 6.57. The second kappa shape index (κ2) is 10.1. The standard InChI is InChI=1S/C31H27ClFN3O3/c32-23-11-9-19(10-12-23)20-4-1-5-21(16-20)27(37)29(39)36-15-3-8-26-25(18-36)28(38)35-30(34-26)31(13-14-31)22-6-2-7-24(33)17-22/h1-2,4-7,9-12,16-17,27,37H,3,8,13-15,18H2,(H,34,35,38). The summed E-state index contributed by atoms with van der Waals surface area (Å²) in [6.45, 7) is 0.463. The number of benzene rings is 3. The highest BCUT2D eigenvalue weighted by Gasteiger charge is 2.49. The van der Waals surface area contributed by atoms with Crippen molar-refractivity contribution in [2.24, 2.45) is 0 Å². The zero-order chi connectivity index (χ0) is 27.1. The Morgan fingerprint density at radius 3 is 2.56 bits per heavy atom. The van der Waals surface area contributed by atoms with Crippen molar-refractivity contribution in [2.45, 2.75) is 43.7 Å². The number of hydrogen-bond donors (Lipinski definition) is 2. The molecule has 1 aliphatic carbocycles. The molecule has 1 saturated carbocycles. The lowest BCUT2D eigenvalue weighted by Crippen LogP contribution is -2.36. The maximum atomic E-state index is 13.9. The fourth-order valence-electron chi connectivity index (χ4n) is 5.46. The van der Waals surface area contributed by atoms with Gasteiger partial charge in [0.05, 0.1) is 23.2 Å². The number of rotatable bonds is 5. The number of carbonyl (C=O) groups is 1. The van der Waals surface area contributed by atoms with Crippen LogP contribution in [0.25, 0.3) is 11.1 Å². The van der Waals surface area contributed by atoms with Gasteiger partial charge in [-0.2, -0.15) is 0 Å². The van der Waals surface area contributed by atoms with Crippen molar-refractivity contribution in [1.82, 2.24) is 14.9 Å². The summed E-state index contributed by atoms with van der Waals surface area (Å²) in [5.74, 6) is -0.226. The lowest BCUT2D eigenvalue weighted by atomic mass is 9.94. The molecule has 2 N–H and O–H groups in total. The number of aryl methyl sites for hydroxylation is 1. The van der Waals surface area contributed by atoms with Crippen LogP contribution < -0.4 is 5.56 Å². The number of aliphatic hydroxyl groups excluding tert-OH is 1. The quantitative estimate of drug-likeness (QED) is 0.357. The van der Waals surface area contributed by atoms with E-state index in [2.05, 4.69) is 4.98 Å². The molecule has 0 radical (unpaired) electrons. The van der Waals surface area contributed by atoms with E-state index in [1.807, 2.05) is 24.3 Å². The van der Waals surface area contributed by atoms with Crippen molar-refractivity contribution < 1.29 is 14.3 Å². The summed E-state index contributed by atoms with van der Waals surface area (Å²) in [6.07, 6.45) is 1.35. The van der Waals surface area contributed by atoms with Crippen molar-refractivity contribution in [1.29, 1.82) is 0 Å². The monoisotopic (exact) mass is 543 g/mol. The van der Waals surface area contributed by atoms with Gasteiger partial charge in [0.15, 0.2) is 6.10 Å². The van der Waals surface area contributed by atoms with E-state index in [1.165, 1.54) is 17.0 Å². The number of H-pyrrole nitrogens is 1. The van der Waals surface area contributed by atoms with Crippen LogP contribution in [0.3, 0.4) is 0 Å². The zero-order valence-electron chi connectivity index (χ0n) is 21.2. The first-order chi connectivity index (χ1) is 18.8. The number of aliphatic hydroxyl groups is 1. The first-order valence-electron chi connectivity index (χ1n) is 13.1. The van der Waals surface area contributed by atoms with E-state index in [9.17, 15) is 19.1 Å². The average molecular weight is 544 g/mol. The Bertz CT molecular complexity index is 1610. The molecule has 6 nitrogen and oxygen atoms in total. The zero-order valence-corrected chi connectivity index (χ0v) is 21.9. The van der Waals surface area contributed by atoms with Gasteiger partial charge in [0, 0.05) is 11.6 Å². The van der Waals surface area contributed by atoms with Gasteiger partial charge < -0.3 is 15.0 Å². The summed E-state index contributed by atoms with van der Waals surface area (Å²) >= 11 is 6.00. The molecule has 3 aromatic carbocycles. The molecule has 2 heterocycles. The fourth-order valence-corrected chi connectivity index (χ4v) is 5.58. The van der Waals surface area contributed by atoms with Gasteiger partial charge >= 0.3 is 0 Å². The molecule has 0 saturated heterocycles. The minimum atomic E-state index is -1.37. The predicted molar refractivity (Wildman–Crippen MR) is 147 cm³/mol. The van der Waals surface area contributed by atoms with E-state index >= 15 is 0 Å². The Hall–Kier alpha value is -3.81. The second-order valence-electron chi connectivity index (χ2n) is 10.3. The number of carbonyl (C=O) groups excluding carboxylic acids is 1. The molecule has 1 unspecified atom stereocenters. The molecular formula is C31H27ClFN3O3. The van der Waals surface area contributed by atoms with Crippen LogP contribution in [-0.4, -0.2) is 32.4 Å². The van der Waals surface area contributed by atoms with Crippen LogP contribution >= 0.6 is 11.6 Å². The summed E-state index contributed by atoms with van der Waals surface area (Å²) in [7, 11) is 0. The maximum Gasteiger partial charge on any atom is 0.256 e. The summed E-state index contributed by atoms with van der Waals surface area (Å²) in [5.41, 5.74) is 3.38. The molecule has 0 bridgehead atoms. The van der Waals surface area contributed by atoms with Crippen molar-refractivity contribution in [3.63, 3.8) is 0 Å². The minimum Gasteiger partial charge on any atom is -0.378 e. The van der Waals surface area contributed by atoms with E-state index in [0.717, 1.165) is 29.5 Å². The lowest BCUT2D eigenvalue weighted by molar-refractivity contribution is -0.141. The number of amides is 1. The van der Waals surface area contributed by atoms with Crippen LogP contribution in [0.4, 0.5) is 4.39 Å². The topological polar surface area (TPSA) is 86.3 Å². The summed E-state index contributed by atoms with van der Waals surface area (Å²) < 4.78 is 13.9. The largest absolute Gasteiger partial charge is 0.378 e. The van der Waals surface area contributed by atoms with Crippen LogP contribution in [0.15, 0.2) is 77.6 Å². The van der Waals surface area contributed by atoms with Gasteiger partial charge in [-0.3, -0.25) is 9.59 Å². The van der Waals surface area contributed by atoms with Gasteiger partial charge in [-0.25, -0.2) is 9.37 Å². The van der Waals surface area contributed by atoms with Gasteiger partial charge in [-0.05, 0) is 78.3 Å². The fraction of sp³-hybridized carbons (Fsp3) is 0.258. The molecule has 1 amide bonds. The normalized spacial score (nSPS) is 16.7. The van der Waals surface area contributed by atoms with E-state index in [0.29, 0.717) is 47.1 Å². The molecule has 198 valence electrons. The van der Waals surface area contributed by atoms with Crippen molar-refractivity contribution in [3.8, 4) is 11.1 Å². The second-order valence-corrected chi connectivity index (χ2v) is 10.8. The first-order valence-corrected chi connectivity index (χ1v) is 13.4. The van der Waals surface area contributed by atoms with Crippen LogP contribution in [0.5, 0.6) is 0 Å². The number of hydrogen-bond acceptors (Lipinski definition) is 4. The summed E-state index contributed by atoms with van der Waals surface area (Å²) in [6, 6.07) is 21.0. The molecule has 1 aromatic heterocycles. The number of aromatic nitrogens is 2. The average Bonchev–Trinajstić information content (AvgIpc) is 3.77. The molecule has 8 heteroatoms. The van der Waals surface area contributed by atoms with Gasteiger partial charge in [0.2, 0.25) is 0 Å². The Morgan fingerprint density at radius 1 is 1.05 bits per heavy atom. The van der Waals surface area contributed by atoms with E-state index in [4.69, 9.17) is 16.6 Å². The number of fused-ring (bicyclic) bond motifs is 1. The number of nitrogens with zero attached hydrogens (tertiary/aromatic N) is 2. The predicted octanol–water partition coefficient (Wildman–Crippen LogP) is 5.32. The third kappa shape index (κ3) is 4.88. The molecule has 1 aliphatic heterocycles. The highest BCUT2D eigenvalue weighted by Crippen LogP contribution is 2.52. The third-order valence-corrected chi connectivity index (χ3v) is 8.05. The van der Waals surface area contributed by atoms with Gasteiger partial charge in [-0.1, -0.05) is 54.1 Å². The van der Waals surface area contributed by atoms with E-state index in [-0.39, 0.29) is 17.9 Å². The Labute approximate surface area is 230 Å². The Balaban J connectivity index is 1.25. The Morgan fingerprint density at radius 2 is 1.82 bits per heavy atom. The van der Waals surface area contributed by atoms with Crippen molar-refractivity contribution in [3.05, 3.63) is 122 Å². The highest BCUT2D eigenvalue weighted by atomic mass is 35.5. The summed E-state index contributed by atoms with van der Waals surface area (Å²) in [5, 5.41) is 11.7. The molecule has 1 atom stereocenters. The maximum absolute atomic E-state index is 13.9. The molecule has 1 fully saturated rings. The van der Waals surface area contributed by atoms with Gasteiger partial charge in [-0.15, -0.1) is 0 Å².